The van der Waals surface area contributed by atoms with Gasteiger partial charge in [-0.05, 0) is 19.1 Å². The van der Waals surface area contributed by atoms with Crippen molar-refractivity contribution in [2.24, 2.45) is 0 Å². The summed E-state index contributed by atoms with van der Waals surface area (Å²) in [6.45, 7) is 1.48. The molecular formula is C9H8F4O. The third-order valence-corrected chi connectivity index (χ3v) is 1.56. The molecule has 0 spiro atoms. The number of rotatable bonds is 2. The molecular weight excluding hydrogens is 200 g/mol. The standard InChI is InChI=1S/C9H8F4O/c1-2-14-8-6(9(11,12)13)4-3-5-7(8)10/h3-5H,2H2,1H3. The van der Waals surface area contributed by atoms with E-state index in [1.54, 1.807) is 0 Å². The van der Waals surface area contributed by atoms with Gasteiger partial charge in [0.05, 0.1) is 6.61 Å². The van der Waals surface area contributed by atoms with E-state index in [-0.39, 0.29) is 6.61 Å². The van der Waals surface area contributed by atoms with E-state index in [9.17, 15) is 17.6 Å². The van der Waals surface area contributed by atoms with Crippen molar-refractivity contribution in [1.82, 2.24) is 0 Å². The summed E-state index contributed by atoms with van der Waals surface area (Å²) in [6.07, 6.45) is -4.59. The number of alkyl halides is 3. The van der Waals surface area contributed by atoms with Crippen LogP contribution in [-0.4, -0.2) is 6.61 Å². The molecule has 0 saturated carbocycles. The number of para-hydroxylation sites is 1. The Morgan fingerprint density at radius 1 is 1.29 bits per heavy atom. The average molecular weight is 208 g/mol. The van der Waals surface area contributed by atoms with Gasteiger partial charge in [0.2, 0.25) is 0 Å². The quantitative estimate of drug-likeness (QED) is 0.678. The highest BCUT2D eigenvalue weighted by Crippen LogP contribution is 2.37. The summed E-state index contributed by atoms with van der Waals surface area (Å²) < 4.78 is 54.5. The highest BCUT2D eigenvalue weighted by Gasteiger charge is 2.35. The van der Waals surface area contributed by atoms with E-state index >= 15 is 0 Å². The molecule has 1 aromatic carbocycles. The van der Waals surface area contributed by atoms with Crippen LogP contribution >= 0.6 is 0 Å². The average Bonchev–Trinajstić information content (AvgIpc) is 2.07. The molecule has 0 aromatic heterocycles. The van der Waals surface area contributed by atoms with Crippen molar-refractivity contribution in [2.45, 2.75) is 13.1 Å². The van der Waals surface area contributed by atoms with Crippen molar-refractivity contribution in [2.75, 3.05) is 6.61 Å². The van der Waals surface area contributed by atoms with Gasteiger partial charge in [-0.25, -0.2) is 4.39 Å². The first-order valence-electron chi connectivity index (χ1n) is 3.95. The van der Waals surface area contributed by atoms with Crippen molar-refractivity contribution in [3.63, 3.8) is 0 Å². The lowest BCUT2D eigenvalue weighted by atomic mass is 10.2. The predicted molar refractivity (Wildman–Crippen MR) is 42.6 cm³/mol. The van der Waals surface area contributed by atoms with Crippen LogP contribution in [0.1, 0.15) is 12.5 Å². The number of hydrogen-bond donors (Lipinski definition) is 0. The fourth-order valence-corrected chi connectivity index (χ4v) is 1.02. The van der Waals surface area contributed by atoms with Crippen molar-refractivity contribution in [3.05, 3.63) is 29.6 Å². The largest absolute Gasteiger partial charge is 0.490 e. The second kappa shape index (κ2) is 3.86. The summed E-state index contributed by atoms with van der Waals surface area (Å²) in [5, 5.41) is 0. The minimum atomic E-state index is -4.59. The SMILES string of the molecule is CCOc1c(F)cccc1C(F)(F)F. The first-order valence-corrected chi connectivity index (χ1v) is 3.95. The maximum absolute atomic E-state index is 12.9. The van der Waals surface area contributed by atoms with Crippen molar-refractivity contribution >= 4 is 0 Å². The molecule has 0 aliphatic carbocycles. The van der Waals surface area contributed by atoms with Crippen LogP contribution in [0.4, 0.5) is 17.6 Å². The van der Waals surface area contributed by atoms with Gasteiger partial charge < -0.3 is 4.74 Å². The molecule has 0 unspecified atom stereocenters. The maximum Gasteiger partial charge on any atom is 0.420 e. The first kappa shape index (κ1) is 10.8. The molecule has 1 aromatic rings. The fraction of sp³-hybridized carbons (Fsp3) is 0.333. The normalized spacial score (nSPS) is 11.5. The van der Waals surface area contributed by atoms with Gasteiger partial charge in [-0.15, -0.1) is 0 Å². The molecule has 0 atom stereocenters. The first-order chi connectivity index (χ1) is 6.46. The van der Waals surface area contributed by atoms with Crippen molar-refractivity contribution in [1.29, 1.82) is 0 Å². The molecule has 0 amide bonds. The molecule has 1 nitrogen and oxygen atoms in total. The number of hydrogen-bond acceptors (Lipinski definition) is 1. The lowest BCUT2D eigenvalue weighted by molar-refractivity contribution is -0.139. The van der Waals surface area contributed by atoms with Crippen LogP contribution in [0.5, 0.6) is 5.75 Å². The second-order valence-corrected chi connectivity index (χ2v) is 2.55. The van der Waals surface area contributed by atoms with Gasteiger partial charge in [0.25, 0.3) is 0 Å². The van der Waals surface area contributed by atoms with E-state index in [0.717, 1.165) is 18.2 Å². The van der Waals surface area contributed by atoms with Crippen LogP contribution in [0.25, 0.3) is 0 Å². The van der Waals surface area contributed by atoms with E-state index in [2.05, 4.69) is 4.74 Å². The summed E-state index contributed by atoms with van der Waals surface area (Å²) >= 11 is 0. The Morgan fingerprint density at radius 2 is 1.93 bits per heavy atom. The van der Waals surface area contributed by atoms with Crippen LogP contribution in [0.15, 0.2) is 18.2 Å². The third-order valence-electron chi connectivity index (χ3n) is 1.56. The van der Waals surface area contributed by atoms with Gasteiger partial charge in [-0.2, -0.15) is 13.2 Å². The molecule has 5 heteroatoms. The third kappa shape index (κ3) is 2.16. The minimum absolute atomic E-state index is 0.00991. The number of ether oxygens (including phenoxy) is 1. The van der Waals surface area contributed by atoms with Crippen molar-refractivity contribution < 1.29 is 22.3 Å². The van der Waals surface area contributed by atoms with Crippen molar-refractivity contribution in [3.8, 4) is 5.75 Å². The smallest absolute Gasteiger partial charge is 0.420 e. The molecule has 0 aliphatic heterocycles. The summed E-state index contributed by atoms with van der Waals surface area (Å²) in [6, 6.07) is 2.72. The van der Waals surface area contributed by atoms with Crippen LogP contribution in [-0.2, 0) is 6.18 Å². The monoisotopic (exact) mass is 208 g/mol. The molecule has 0 N–H and O–H groups in total. The Bertz CT molecular complexity index is 319. The molecule has 0 radical (unpaired) electrons. The van der Waals surface area contributed by atoms with E-state index in [4.69, 9.17) is 0 Å². The zero-order valence-electron chi connectivity index (χ0n) is 7.36. The summed E-state index contributed by atoms with van der Waals surface area (Å²) in [5.41, 5.74) is -1.08. The molecule has 0 bridgehead atoms. The predicted octanol–water partition coefficient (Wildman–Crippen LogP) is 3.24. The van der Waals surface area contributed by atoms with Gasteiger partial charge in [-0.3, -0.25) is 0 Å². The Balaban J connectivity index is 3.21. The maximum atomic E-state index is 12.9. The topological polar surface area (TPSA) is 9.23 Å². The molecule has 1 rings (SSSR count). The lowest BCUT2D eigenvalue weighted by Gasteiger charge is -2.13. The molecule has 0 saturated heterocycles. The molecule has 78 valence electrons. The Labute approximate surface area is 78.3 Å². The summed E-state index contributed by atoms with van der Waals surface area (Å²) in [5.74, 6) is -1.73. The Hall–Kier alpha value is -1.26. The van der Waals surface area contributed by atoms with Crippen LogP contribution in [0.2, 0.25) is 0 Å². The second-order valence-electron chi connectivity index (χ2n) is 2.55. The molecule has 0 heterocycles. The zero-order valence-corrected chi connectivity index (χ0v) is 7.36. The summed E-state index contributed by atoms with van der Waals surface area (Å²) in [4.78, 5) is 0. The van der Waals surface area contributed by atoms with Gasteiger partial charge in [0.1, 0.15) is 5.56 Å². The van der Waals surface area contributed by atoms with Gasteiger partial charge >= 0.3 is 6.18 Å². The van der Waals surface area contributed by atoms with Crippen LogP contribution in [0.3, 0.4) is 0 Å². The lowest BCUT2D eigenvalue weighted by Crippen LogP contribution is -2.09. The highest BCUT2D eigenvalue weighted by atomic mass is 19.4. The molecule has 0 aliphatic rings. The van der Waals surface area contributed by atoms with E-state index in [1.807, 2.05) is 0 Å². The van der Waals surface area contributed by atoms with E-state index in [1.165, 1.54) is 6.92 Å². The van der Waals surface area contributed by atoms with Crippen LogP contribution in [0, 0.1) is 5.82 Å². The highest BCUT2D eigenvalue weighted by molar-refractivity contribution is 5.37. The minimum Gasteiger partial charge on any atom is -0.490 e. The Kier molecular flexibility index (Phi) is 2.98. The zero-order chi connectivity index (χ0) is 10.8. The molecule has 14 heavy (non-hydrogen) atoms. The van der Waals surface area contributed by atoms with Crippen LogP contribution < -0.4 is 4.74 Å². The Morgan fingerprint density at radius 3 is 2.43 bits per heavy atom. The molecule has 0 fully saturated rings. The van der Waals surface area contributed by atoms with Gasteiger partial charge in [0, 0.05) is 0 Å². The van der Waals surface area contributed by atoms with E-state index in [0.29, 0.717) is 0 Å². The summed E-state index contributed by atoms with van der Waals surface area (Å²) in [7, 11) is 0. The van der Waals surface area contributed by atoms with Gasteiger partial charge in [0.15, 0.2) is 11.6 Å². The van der Waals surface area contributed by atoms with E-state index < -0.39 is 23.3 Å². The van der Waals surface area contributed by atoms with Gasteiger partial charge in [-0.1, -0.05) is 6.07 Å². The number of benzene rings is 1. The number of halogens is 4. The fourth-order valence-electron chi connectivity index (χ4n) is 1.02.